The fourth-order valence-electron chi connectivity index (χ4n) is 0.143. The lowest BCUT2D eigenvalue weighted by molar-refractivity contribution is -0.134. The van der Waals surface area contributed by atoms with E-state index in [1.807, 2.05) is 0 Å². The first-order valence-corrected chi connectivity index (χ1v) is 1.77. The lowest BCUT2D eigenvalue weighted by atomic mass is 10.5. The molecule has 9 heavy (non-hydrogen) atoms. The molecule has 0 spiro atoms. The van der Waals surface area contributed by atoms with Crippen LogP contribution in [0, 0.1) is 0 Å². The Morgan fingerprint density at radius 2 is 1.22 bits per heavy atom. The van der Waals surface area contributed by atoms with Gasteiger partial charge in [0.05, 0.1) is 0 Å². The molecule has 0 aromatic carbocycles. The van der Waals surface area contributed by atoms with Crippen LogP contribution in [0.25, 0.3) is 0 Å². The van der Waals surface area contributed by atoms with E-state index in [1.54, 1.807) is 0 Å². The third kappa shape index (κ3) is 11.2. The van der Waals surface area contributed by atoms with Crippen LogP contribution in [0.2, 0.25) is 0 Å². The topological polar surface area (TPSA) is 74.6 Å². The van der Waals surface area contributed by atoms with E-state index in [9.17, 15) is 9.59 Å². The van der Waals surface area contributed by atoms with Gasteiger partial charge in [-0.25, -0.2) is 9.59 Å². The molecular weight excluding hydrogens is 136 g/mol. The largest absolute Gasteiger partial charge is 0.478 e. The minimum absolute atomic E-state index is 0. The van der Waals surface area contributed by atoms with Crippen LogP contribution >= 0.6 is 0 Å². The molecule has 0 saturated heterocycles. The van der Waals surface area contributed by atoms with Crippen molar-refractivity contribution in [3.63, 3.8) is 0 Å². The number of carboxylic acids is 2. The van der Waals surface area contributed by atoms with Crippen molar-refractivity contribution in [1.82, 2.24) is 0 Å². The number of rotatable bonds is 2. The average molecular weight is 142 g/mol. The third-order valence-electron chi connectivity index (χ3n) is 0.368. The minimum Gasteiger partial charge on any atom is -0.478 e. The molecule has 0 aromatic heterocycles. The van der Waals surface area contributed by atoms with Gasteiger partial charge in [0.1, 0.15) is 0 Å². The van der Waals surface area contributed by atoms with Crippen LogP contribution in [-0.2, 0) is 9.59 Å². The molecule has 0 aliphatic carbocycles. The molecule has 48 valence electrons. The van der Waals surface area contributed by atoms with Gasteiger partial charge in [-0.1, -0.05) is 0 Å². The summed E-state index contributed by atoms with van der Waals surface area (Å²) in [7, 11) is 0. The average Bonchev–Trinajstić information content (AvgIpc) is 1.61. The summed E-state index contributed by atoms with van der Waals surface area (Å²) in [5.41, 5.74) is 0. The zero-order valence-electron chi connectivity index (χ0n) is 3.87. The van der Waals surface area contributed by atoms with E-state index in [2.05, 4.69) is 0 Å². The maximum Gasteiger partial charge on any atom is 0.328 e. The standard InChI is InChI=1S/C4H4O4.Mg.2H/c5-3(6)1-2-4(7)8;;;/h1-2H,(H,5,6)(H,7,8);;;/b2-1+;;;. The van der Waals surface area contributed by atoms with Crippen molar-refractivity contribution in [2.75, 3.05) is 0 Å². The lowest BCUT2D eigenvalue weighted by Gasteiger charge is -1.74. The zero-order valence-corrected chi connectivity index (χ0v) is 3.87. The summed E-state index contributed by atoms with van der Waals surface area (Å²) in [5, 5.41) is 15.6. The maximum absolute atomic E-state index is 9.55. The van der Waals surface area contributed by atoms with Gasteiger partial charge < -0.3 is 10.2 Å². The molecule has 2 N–H and O–H groups in total. The second kappa shape index (κ2) is 5.58. The predicted molar refractivity (Wildman–Crippen MR) is 33.0 cm³/mol. The fraction of sp³-hybridized carbons (Fsp3) is 0. The zero-order chi connectivity index (χ0) is 6.57. The van der Waals surface area contributed by atoms with Gasteiger partial charge in [0.2, 0.25) is 0 Å². The molecule has 0 amide bonds. The molecule has 0 unspecified atom stereocenters. The molecule has 0 aliphatic rings. The smallest absolute Gasteiger partial charge is 0.328 e. The quantitative estimate of drug-likeness (QED) is 0.375. The van der Waals surface area contributed by atoms with E-state index in [4.69, 9.17) is 10.2 Å². The van der Waals surface area contributed by atoms with Gasteiger partial charge in [-0.15, -0.1) is 0 Å². The highest BCUT2D eigenvalue weighted by atomic mass is 24.3. The molecule has 0 aromatic rings. The number of hydrogen-bond acceptors (Lipinski definition) is 2. The summed E-state index contributed by atoms with van der Waals surface area (Å²) < 4.78 is 0. The number of carbonyl (C=O) groups is 2. The van der Waals surface area contributed by atoms with Gasteiger partial charge in [0.25, 0.3) is 0 Å². The van der Waals surface area contributed by atoms with E-state index in [-0.39, 0.29) is 23.1 Å². The predicted octanol–water partition coefficient (Wildman–Crippen LogP) is -1.20. The maximum atomic E-state index is 9.55. The second-order valence-corrected chi connectivity index (χ2v) is 1.01. The summed E-state index contributed by atoms with van der Waals surface area (Å²) >= 11 is 0. The molecule has 0 fully saturated rings. The Morgan fingerprint density at radius 3 is 1.33 bits per heavy atom. The van der Waals surface area contributed by atoms with E-state index >= 15 is 0 Å². The number of hydrogen-bond donors (Lipinski definition) is 2. The first-order chi connectivity index (χ1) is 3.63. The monoisotopic (exact) mass is 142 g/mol. The van der Waals surface area contributed by atoms with Crippen LogP contribution in [0.5, 0.6) is 0 Å². The van der Waals surface area contributed by atoms with Crippen molar-refractivity contribution < 1.29 is 19.8 Å². The van der Waals surface area contributed by atoms with Crippen LogP contribution in [0.15, 0.2) is 12.2 Å². The van der Waals surface area contributed by atoms with E-state index in [1.165, 1.54) is 0 Å². The SMILES string of the molecule is O=C(O)/C=C/C(=O)O.[MgH2]. The van der Waals surface area contributed by atoms with Crippen molar-refractivity contribution >= 4 is 35.0 Å². The van der Waals surface area contributed by atoms with E-state index < -0.39 is 11.9 Å². The summed E-state index contributed by atoms with van der Waals surface area (Å²) in [6, 6.07) is 0. The van der Waals surface area contributed by atoms with Crippen molar-refractivity contribution in [1.29, 1.82) is 0 Å². The Balaban J connectivity index is 0. The van der Waals surface area contributed by atoms with Crippen molar-refractivity contribution in [2.45, 2.75) is 0 Å². The molecule has 0 aliphatic heterocycles. The summed E-state index contributed by atoms with van der Waals surface area (Å²) in [6.45, 7) is 0. The van der Waals surface area contributed by atoms with Gasteiger partial charge in [-0.05, 0) is 0 Å². The fourth-order valence-corrected chi connectivity index (χ4v) is 0.143. The van der Waals surface area contributed by atoms with Gasteiger partial charge >= 0.3 is 35.0 Å². The summed E-state index contributed by atoms with van der Waals surface area (Å²) in [4.78, 5) is 19.1. The molecule has 0 heterocycles. The molecule has 4 nitrogen and oxygen atoms in total. The number of aliphatic carboxylic acids is 2. The Hall–Kier alpha value is -0.554. The molecule has 0 bridgehead atoms. The molecule has 0 radical (unpaired) electrons. The Bertz CT molecular complexity index is 124. The van der Waals surface area contributed by atoms with Crippen LogP contribution < -0.4 is 0 Å². The highest BCUT2D eigenvalue weighted by Crippen LogP contribution is 1.70. The van der Waals surface area contributed by atoms with Crippen molar-refractivity contribution in [3.05, 3.63) is 12.2 Å². The van der Waals surface area contributed by atoms with E-state index in [0.717, 1.165) is 0 Å². The van der Waals surface area contributed by atoms with Gasteiger partial charge in [0.15, 0.2) is 0 Å². The van der Waals surface area contributed by atoms with Crippen molar-refractivity contribution in [3.8, 4) is 0 Å². The van der Waals surface area contributed by atoms with Crippen LogP contribution in [-0.4, -0.2) is 45.2 Å². The molecule has 5 heteroatoms. The Labute approximate surface area is 67.3 Å². The Kier molecular flexibility index (Phi) is 6.99. The van der Waals surface area contributed by atoms with Crippen LogP contribution in [0.1, 0.15) is 0 Å². The highest BCUT2D eigenvalue weighted by molar-refractivity contribution is 5.89. The van der Waals surface area contributed by atoms with E-state index in [0.29, 0.717) is 12.2 Å². The minimum atomic E-state index is -1.26. The van der Waals surface area contributed by atoms with Gasteiger partial charge in [-0.3, -0.25) is 0 Å². The molecular formula is C4H6MgO4. The molecule has 0 atom stereocenters. The normalized spacial score (nSPS) is 8.44. The summed E-state index contributed by atoms with van der Waals surface area (Å²) in [5.74, 6) is -2.51. The second-order valence-electron chi connectivity index (χ2n) is 1.01. The van der Waals surface area contributed by atoms with Crippen LogP contribution in [0.4, 0.5) is 0 Å². The molecule has 0 saturated carbocycles. The van der Waals surface area contributed by atoms with Crippen molar-refractivity contribution in [2.24, 2.45) is 0 Å². The first kappa shape index (κ1) is 11.3. The van der Waals surface area contributed by atoms with Crippen LogP contribution in [0.3, 0.4) is 0 Å². The number of carboxylic acid groups (broad SMARTS) is 2. The van der Waals surface area contributed by atoms with Gasteiger partial charge in [0, 0.05) is 12.2 Å². The molecule has 0 rings (SSSR count). The lowest BCUT2D eigenvalue weighted by Crippen LogP contribution is -1.91. The first-order valence-electron chi connectivity index (χ1n) is 1.77. The highest BCUT2D eigenvalue weighted by Gasteiger charge is 1.88. The van der Waals surface area contributed by atoms with Gasteiger partial charge in [-0.2, -0.15) is 0 Å². The summed E-state index contributed by atoms with van der Waals surface area (Å²) in [6.07, 6.45) is 1.12. The third-order valence-corrected chi connectivity index (χ3v) is 0.368. The Morgan fingerprint density at radius 1 is 1.00 bits per heavy atom.